The zero-order valence-corrected chi connectivity index (χ0v) is 18.1. The highest BCUT2D eigenvalue weighted by Gasteiger charge is 2.31. The van der Waals surface area contributed by atoms with E-state index in [0.717, 1.165) is 55.6 Å². The molecule has 2 N–H and O–H groups in total. The molecule has 28 heavy (non-hydrogen) atoms. The number of aliphatic imine (C=N–C) groups is 1. The number of ether oxygens (including phenoxy) is 1. The van der Waals surface area contributed by atoms with E-state index in [4.69, 9.17) is 4.74 Å². The monoisotopic (exact) mass is 401 g/mol. The van der Waals surface area contributed by atoms with E-state index >= 15 is 0 Å². The lowest BCUT2D eigenvalue weighted by molar-refractivity contribution is 0.0783. The van der Waals surface area contributed by atoms with Crippen molar-refractivity contribution in [2.24, 2.45) is 4.99 Å². The molecule has 0 spiro atoms. The maximum absolute atomic E-state index is 5.54. The lowest BCUT2D eigenvalue weighted by atomic mass is 9.99. The van der Waals surface area contributed by atoms with Crippen molar-refractivity contribution < 1.29 is 4.74 Å². The first-order valence-corrected chi connectivity index (χ1v) is 11.0. The zero-order valence-electron chi connectivity index (χ0n) is 17.3. The summed E-state index contributed by atoms with van der Waals surface area (Å²) in [5.41, 5.74) is 4.44. The van der Waals surface area contributed by atoms with Gasteiger partial charge in [-0.2, -0.15) is 16.9 Å². The van der Waals surface area contributed by atoms with Crippen LogP contribution in [0.1, 0.15) is 29.8 Å². The molecule has 6 nitrogen and oxygen atoms in total. The third-order valence-corrected chi connectivity index (χ3v) is 6.73. The predicted molar refractivity (Wildman–Crippen MR) is 118 cm³/mol. The van der Waals surface area contributed by atoms with Gasteiger partial charge in [-0.3, -0.25) is 4.99 Å². The highest BCUT2D eigenvalue weighted by Crippen LogP contribution is 2.32. The number of guanidine groups is 1. The van der Waals surface area contributed by atoms with Gasteiger partial charge in [-0.1, -0.05) is 18.2 Å². The third-order valence-electron chi connectivity index (χ3n) is 5.31. The second kappa shape index (κ2) is 9.47. The Labute approximate surface area is 172 Å². The van der Waals surface area contributed by atoms with E-state index in [1.165, 1.54) is 5.56 Å². The van der Waals surface area contributed by atoms with E-state index < -0.39 is 0 Å². The van der Waals surface area contributed by atoms with Crippen molar-refractivity contribution in [3.63, 3.8) is 0 Å². The first-order chi connectivity index (χ1) is 13.6. The summed E-state index contributed by atoms with van der Waals surface area (Å²) in [7, 11) is 1.82. The second-order valence-electron chi connectivity index (χ2n) is 7.25. The standard InChI is InChI=1S/C21H31N5OS/c1-16-13-17(2)26(25-16)19-8-6-5-7-18(19)14-23-20(22-3)24-15-21(28-4)9-11-27-12-10-21/h5-8,13H,9-12,14-15H2,1-4H3,(H2,22,23,24). The Balaban J connectivity index is 1.65. The molecule has 7 heteroatoms. The zero-order chi connectivity index (χ0) is 20.0. The molecule has 1 aliphatic rings. The van der Waals surface area contributed by atoms with Crippen LogP contribution in [0.2, 0.25) is 0 Å². The van der Waals surface area contributed by atoms with Crippen molar-refractivity contribution in [1.29, 1.82) is 0 Å². The summed E-state index contributed by atoms with van der Waals surface area (Å²) in [5, 5.41) is 11.6. The highest BCUT2D eigenvalue weighted by molar-refractivity contribution is 8.00. The fourth-order valence-corrected chi connectivity index (χ4v) is 4.37. The molecular formula is C21H31N5OS. The molecule has 0 aliphatic carbocycles. The Kier molecular flexibility index (Phi) is 7.02. The summed E-state index contributed by atoms with van der Waals surface area (Å²) < 4.78 is 7.76. The molecule has 0 atom stereocenters. The number of hydrogen-bond donors (Lipinski definition) is 2. The number of aromatic nitrogens is 2. The first kappa shape index (κ1) is 20.7. The van der Waals surface area contributed by atoms with E-state index in [-0.39, 0.29) is 4.75 Å². The molecule has 2 aromatic rings. The van der Waals surface area contributed by atoms with Gasteiger partial charge in [0.2, 0.25) is 0 Å². The molecule has 0 bridgehead atoms. The Morgan fingerprint density at radius 1 is 1.25 bits per heavy atom. The Morgan fingerprint density at radius 2 is 2.00 bits per heavy atom. The summed E-state index contributed by atoms with van der Waals surface area (Å²) in [6.07, 6.45) is 4.33. The molecule has 152 valence electrons. The van der Waals surface area contributed by atoms with Gasteiger partial charge >= 0.3 is 0 Å². The first-order valence-electron chi connectivity index (χ1n) is 9.76. The van der Waals surface area contributed by atoms with Crippen LogP contribution in [0.3, 0.4) is 0 Å². The summed E-state index contributed by atoms with van der Waals surface area (Å²) >= 11 is 1.93. The van der Waals surface area contributed by atoms with Crippen molar-refractivity contribution in [3.8, 4) is 5.69 Å². The Morgan fingerprint density at radius 3 is 2.64 bits per heavy atom. The number of benzene rings is 1. The second-order valence-corrected chi connectivity index (χ2v) is 8.52. The summed E-state index contributed by atoms with van der Waals surface area (Å²) in [6.45, 7) is 7.35. The number of rotatable bonds is 6. The van der Waals surface area contributed by atoms with Crippen LogP contribution in [-0.4, -0.2) is 53.5 Å². The van der Waals surface area contributed by atoms with Gasteiger partial charge in [-0.25, -0.2) is 4.68 Å². The lowest BCUT2D eigenvalue weighted by Gasteiger charge is -2.36. The normalized spacial score (nSPS) is 16.8. The van der Waals surface area contributed by atoms with Crippen LogP contribution in [-0.2, 0) is 11.3 Å². The number of para-hydroxylation sites is 1. The van der Waals surface area contributed by atoms with E-state index in [9.17, 15) is 0 Å². The smallest absolute Gasteiger partial charge is 0.191 e. The molecule has 1 saturated heterocycles. The maximum Gasteiger partial charge on any atom is 0.191 e. The van der Waals surface area contributed by atoms with Crippen molar-refractivity contribution >= 4 is 17.7 Å². The Hall–Kier alpha value is -1.99. The van der Waals surface area contributed by atoms with Gasteiger partial charge in [0, 0.05) is 43.8 Å². The fraction of sp³-hybridized carbons (Fsp3) is 0.524. The van der Waals surface area contributed by atoms with Gasteiger partial charge in [0.1, 0.15) is 0 Å². The molecule has 0 unspecified atom stereocenters. The average molecular weight is 402 g/mol. The van der Waals surface area contributed by atoms with Gasteiger partial charge < -0.3 is 15.4 Å². The topological polar surface area (TPSA) is 63.5 Å². The SMILES string of the molecule is CN=C(NCc1ccccc1-n1nc(C)cc1C)NCC1(SC)CCOCC1. The quantitative estimate of drug-likeness (QED) is 0.575. The van der Waals surface area contributed by atoms with E-state index in [2.05, 4.69) is 64.2 Å². The minimum Gasteiger partial charge on any atom is -0.381 e. The highest BCUT2D eigenvalue weighted by atomic mass is 32.2. The largest absolute Gasteiger partial charge is 0.381 e. The molecule has 1 fully saturated rings. The van der Waals surface area contributed by atoms with E-state index in [1.54, 1.807) is 0 Å². The Bertz CT molecular complexity index is 811. The maximum atomic E-state index is 5.54. The van der Waals surface area contributed by atoms with Crippen LogP contribution in [0.15, 0.2) is 35.3 Å². The van der Waals surface area contributed by atoms with Crippen LogP contribution < -0.4 is 10.6 Å². The molecule has 1 aromatic carbocycles. The number of thioether (sulfide) groups is 1. The summed E-state index contributed by atoms with van der Waals surface area (Å²) in [5.74, 6) is 0.822. The summed E-state index contributed by atoms with van der Waals surface area (Å²) in [4.78, 5) is 4.41. The molecule has 0 amide bonds. The van der Waals surface area contributed by atoms with Crippen LogP contribution >= 0.6 is 11.8 Å². The molecular weight excluding hydrogens is 370 g/mol. The van der Waals surface area contributed by atoms with Crippen molar-refractivity contribution in [3.05, 3.63) is 47.3 Å². The van der Waals surface area contributed by atoms with E-state index in [0.29, 0.717) is 6.54 Å². The molecule has 0 radical (unpaired) electrons. The number of nitrogens with zero attached hydrogens (tertiary/aromatic N) is 3. The third kappa shape index (κ3) is 4.89. The van der Waals surface area contributed by atoms with Gasteiger partial charge in [-0.15, -0.1) is 0 Å². The van der Waals surface area contributed by atoms with Gasteiger partial charge in [0.05, 0.1) is 11.4 Å². The number of hydrogen-bond acceptors (Lipinski definition) is 4. The molecule has 2 heterocycles. The van der Waals surface area contributed by atoms with Gasteiger partial charge in [-0.05, 0) is 50.6 Å². The van der Waals surface area contributed by atoms with Gasteiger partial charge in [0.15, 0.2) is 5.96 Å². The number of nitrogens with one attached hydrogen (secondary N) is 2. The molecule has 1 aliphatic heterocycles. The van der Waals surface area contributed by atoms with Crippen LogP contribution in [0.4, 0.5) is 0 Å². The van der Waals surface area contributed by atoms with Crippen LogP contribution in [0.25, 0.3) is 5.69 Å². The number of aryl methyl sites for hydroxylation is 2. The minimum atomic E-state index is 0.220. The van der Waals surface area contributed by atoms with Crippen molar-refractivity contribution in [2.75, 3.05) is 33.1 Å². The van der Waals surface area contributed by atoms with Crippen LogP contribution in [0, 0.1) is 13.8 Å². The van der Waals surface area contributed by atoms with Crippen molar-refractivity contribution in [2.45, 2.75) is 38.0 Å². The predicted octanol–water partition coefficient (Wildman–Crippen LogP) is 3.07. The summed E-state index contributed by atoms with van der Waals surface area (Å²) in [6, 6.07) is 10.5. The molecule has 1 aromatic heterocycles. The van der Waals surface area contributed by atoms with Gasteiger partial charge in [0.25, 0.3) is 0 Å². The molecule has 0 saturated carbocycles. The minimum absolute atomic E-state index is 0.220. The lowest BCUT2D eigenvalue weighted by Crippen LogP contribution is -2.47. The molecule has 3 rings (SSSR count). The fourth-order valence-electron chi connectivity index (χ4n) is 3.58. The van der Waals surface area contributed by atoms with Crippen LogP contribution in [0.5, 0.6) is 0 Å². The van der Waals surface area contributed by atoms with Crippen molar-refractivity contribution in [1.82, 2.24) is 20.4 Å². The average Bonchev–Trinajstić information content (AvgIpc) is 3.07. The van der Waals surface area contributed by atoms with E-state index in [1.807, 2.05) is 30.4 Å².